The molecule has 3 aliphatic carbocycles. The second-order valence-electron chi connectivity index (χ2n) is 7.07. The van der Waals surface area contributed by atoms with Crippen molar-refractivity contribution in [2.75, 3.05) is 0 Å². The molecule has 0 aromatic heterocycles. The molecule has 124 valence electrons. The van der Waals surface area contributed by atoms with Gasteiger partial charge in [0.05, 0.1) is 0 Å². The van der Waals surface area contributed by atoms with Gasteiger partial charge in [0.1, 0.15) is 5.82 Å². The minimum atomic E-state index is -0.416. The van der Waals surface area contributed by atoms with E-state index in [4.69, 9.17) is 11.6 Å². The Morgan fingerprint density at radius 3 is 2.48 bits per heavy atom. The lowest BCUT2D eigenvalue weighted by molar-refractivity contribution is -0.117. The van der Waals surface area contributed by atoms with Gasteiger partial charge in [0, 0.05) is 33.2 Å². The molecule has 4 heteroatoms. The third-order valence-electron chi connectivity index (χ3n) is 5.75. The van der Waals surface area contributed by atoms with Gasteiger partial charge in [-0.15, -0.1) is 0 Å². The molecule has 2 nitrogen and oxygen atoms in total. The van der Waals surface area contributed by atoms with Crippen LogP contribution in [0.1, 0.15) is 35.2 Å². The Morgan fingerprint density at radius 2 is 1.68 bits per heavy atom. The first-order valence-electron chi connectivity index (χ1n) is 8.47. The van der Waals surface area contributed by atoms with E-state index in [1.165, 1.54) is 6.07 Å². The molecule has 0 amide bonds. The van der Waals surface area contributed by atoms with Crippen molar-refractivity contribution in [2.45, 2.75) is 19.3 Å². The van der Waals surface area contributed by atoms with Crippen LogP contribution in [0.4, 0.5) is 4.39 Å². The molecule has 0 saturated heterocycles. The molecule has 0 spiro atoms. The summed E-state index contributed by atoms with van der Waals surface area (Å²) in [6.07, 6.45) is 2.58. The maximum absolute atomic E-state index is 14.3. The van der Waals surface area contributed by atoms with Gasteiger partial charge >= 0.3 is 0 Å². The molecule has 2 bridgehead atoms. The molecule has 3 aliphatic rings. The molecule has 0 aliphatic heterocycles. The van der Waals surface area contributed by atoms with Crippen LogP contribution in [0.2, 0.25) is 5.02 Å². The van der Waals surface area contributed by atoms with Crippen molar-refractivity contribution < 1.29 is 14.0 Å². The highest BCUT2D eigenvalue weighted by Crippen LogP contribution is 2.51. The SMILES string of the molecule is O=C1C2=C(C(=O)[C@@H]3CC[C@H]2C3)c2cc(-c3ccc(Cl)cc3F)ccc21. The van der Waals surface area contributed by atoms with Gasteiger partial charge in [-0.1, -0.05) is 17.7 Å². The molecule has 0 unspecified atom stereocenters. The maximum Gasteiger partial charge on any atom is 0.190 e. The zero-order valence-corrected chi connectivity index (χ0v) is 14.1. The Balaban J connectivity index is 1.70. The summed E-state index contributed by atoms with van der Waals surface area (Å²) in [5.41, 5.74) is 3.61. The van der Waals surface area contributed by atoms with Gasteiger partial charge in [-0.05, 0) is 66.6 Å². The number of carbonyl (C=O) groups excluding carboxylic acids is 2. The van der Waals surface area contributed by atoms with Gasteiger partial charge in [-0.25, -0.2) is 4.39 Å². The summed E-state index contributed by atoms with van der Waals surface area (Å²) in [7, 11) is 0. The van der Waals surface area contributed by atoms with Crippen molar-refractivity contribution in [1.82, 2.24) is 0 Å². The van der Waals surface area contributed by atoms with Gasteiger partial charge < -0.3 is 0 Å². The van der Waals surface area contributed by atoms with E-state index in [-0.39, 0.29) is 23.4 Å². The van der Waals surface area contributed by atoms with Crippen molar-refractivity contribution in [3.8, 4) is 11.1 Å². The van der Waals surface area contributed by atoms with E-state index >= 15 is 0 Å². The molecule has 0 heterocycles. The van der Waals surface area contributed by atoms with Crippen LogP contribution in [0.3, 0.4) is 0 Å². The fourth-order valence-electron chi connectivity index (χ4n) is 4.58. The number of ketones is 2. The number of Topliss-reactive ketones (excluding diaryl/α,β-unsaturated/α-hetero) is 2. The van der Waals surface area contributed by atoms with Crippen LogP contribution in [0.15, 0.2) is 42.0 Å². The minimum Gasteiger partial charge on any atom is -0.294 e. The molecule has 5 rings (SSSR count). The van der Waals surface area contributed by atoms with E-state index < -0.39 is 5.82 Å². The fraction of sp³-hybridized carbons (Fsp3) is 0.238. The average molecular weight is 353 g/mol. The topological polar surface area (TPSA) is 34.1 Å². The maximum atomic E-state index is 14.3. The monoisotopic (exact) mass is 352 g/mol. The third-order valence-corrected chi connectivity index (χ3v) is 5.98. The lowest BCUT2D eigenvalue weighted by Crippen LogP contribution is -2.20. The zero-order chi connectivity index (χ0) is 17.3. The van der Waals surface area contributed by atoms with Crippen LogP contribution < -0.4 is 0 Å². The van der Waals surface area contributed by atoms with Crippen molar-refractivity contribution in [3.05, 3.63) is 63.9 Å². The third kappa shape index (κ3) is 2.02. The molecule has 0 radical (unpaired) electrons. The van der Waals surface area contributed by atoms with Gasteiger partial charge in [-0.3, -0.25) is 9.59 Å². The number of fused-ring (bicyclic) bond motifs is 5. The van der Waals surface area contributed by atoms with E-state index in [0.29, 0.717) is 38.4 Å². The average Bonchev–Trinajstić information content (AvgIpc) is 3.14. The zero-order valence-electron chi connectivity index (χ0n) is 13.3. The lowest BCUT2D eigenvalue weighted by atomic mass is 9.82. The number of rotatable bonds is 1. The van der Waals surface area contributed by atoms with Gasteiger partial charge in [0.2, 0.25) is 0 Å². The Kier molecular flexibility index (Phi) is 3.08. The smallest absolute Gasteiger partial charge is 0.190 e. The molecule has 2 aromatic carbocycles. The summed E-state index contributed by atoms with van der Waals surface area (Å²) in [5.74, 6) is -0.107. The summed E-state index contributed by atoms with van der Waals surface area (Å²) in [5, 5.41) is 0.335. The first-order chi connectivity index (χ1) is 12.0. The summed E-state index contributed by atoms with van der Waals surface area (Å²) >= 11 is 5.83. The largest absolute Gasteiger partial charge is 0.294 e. The second-order valence-corrected chi connectivity index (χ2v) is 7.51. The predicted molar refractivity (Wildman–Crippen MR) is 93.9 cm³/mol. The van der Waals surface area contributed by atoms with E-state index in [0.717, 1.165) is 19.3 Å². The van der Waals surface area contributed by atoms with Crippen molar-refractivity contribution in [3.63, 3.8) is 0 Å². The van der Waals surface area contributed by atoms with Crippen LogP contribution in [-0.4, -0.2) is 11.6 Å². The van der Waals surface area contributed by atoms with Gasteiger partial charge in [0.15, 0.2) is 11.6 Å². The van der Waals surface area contributed by atoms with E-state index in [1.807, 2.05) is 0 Å². The summed E-state index contributed by atoms with van der Waals surface area (Å²) in [6, 6.07) is 9.77. The van der Waals surface area contributed by atoms with Gasteiger partial charge in [-0.2, -0.15) is 0 Å². The highest BCUT2D eigenvalue weighted by atomic mass is 35.5. The van der Waals surface area contributed by atoms with Crippen LogP contribution in [0, 0.1) is 17.7 Å². The second kappa shape index (κ2) is 5.12. The highest BCUT2D eigenvalue weighted by molar-refractivity contribution is 6.37. The fourth-order valence-corrected chi connectivity index (χ4v) is 4.74. The number of hydrogen-bond donors (Lipinski definition) is 0. The molecular formula is C21H14ClFO2. The number of benzene rings is 2. The van der Waals surface area contributed by atoms with Crippen molar-refractivity contribution in [1.29, 1.82) is 0 Å². The van der Waals surface area contributed by atoms with Crippen LogP contribution in [0.25, 0.3) is 16.7 Å². The number of hydrogen-bond acceptors (Lipinski definition) is 2. The van der Waals surface area contributed by atoms with Crippen molar-refractivity contribution in [2.24, 2.45) is 11.8 Å². The molecule has 1 fully saturated rings. The summed E-state index contributed by atoms with van der Waals surface area (Å²) < 4.78 is 14.3. The first-order valence-corrected chi connectivity index (χ1v) is 8.85. The first kappa shape index (κ1) is 15.0. The molecule has 0 N–H and O–H groups in total. The lowest BCUT2D eigenvalue weighted by Gasteiger charge is -2.20. The predicted octanol–water partition coefficient (Wildman–Crippen LogP) is 5.10. The van der Waals surface area contributed by atoms with Crippen LogP contribution in [-0.2, 0) is 4.79 Å². The Morgan fingerprint density at radius 1 is 0.920 bits per heavy atom. The Labute approximate surface area is 149 Å². The van der Waals surface area contributed by atoms with Gasteiger partial charge in [0.25, 0.3) is 0 Å². The molecule has 2 aromatic rings. The summed E-state index contributed by atoms with van der Waals surface area (Å²) in [6.45, 7) is 0. The number of allylic oxidation sites excluding steroid dienone is 2. The highest BCUT2D eigenvalue weighted by Gasteiger charge is 2.47. The van der Waals surface area contributed by atoms with E-state index in [2.05, 4.69) is 0 Å². The standard InChI is InChI=1S/C21H14ClFO2/c22-13-4-6-14(17(23)9-13)10-3-5-15-16(8-10)19-18(21(15)25)11-1-2-12(7-11)20(19)24/h3-6,8-9,11-12H,1-2,7H2/t11-,12+/m0/s1. The van der Waals surface area contributed by atoms with Crippen molar-refractivity contribution >= 4 is 28.7 Å². The summed E-state index contributed by atoms with van der Waals surface area (Å²) in [4.78, 5) is 25.7. The molecule has 1 saturated carbocycles. The van der Waals surface area contributed by atoms with Crippen LogP contribution >= 0.6 is 11.6 Å². The minimum absolute atomic E-state index is 0.0215. The van der Waals surface area contributed by atoms with E-state index in [1.54, 1.807) is 30.3 Å². The quantitative estimate of drug-likeness (QED) is 0.716. The Hall–Kier alpha value is -2.26. The molecule has 2 atom stereocenters. The number of carbonyl (C=O) groups is 2. The Bertz CT molecular complexity index is 1000. The van der Waals surface area contributed by atoms with E-state index in [9.17, 15) is 14.0 Å². The molecule has 25 heavy (non-hydrogen) atoms. The normalized spacial score (nSPS) is 23.9. The number of halogens is 2. The molecular weight excluding hydrogens is 339 g/mol. The van der Waals surface area contributed by atoms with Crippen LogP contribution in [0.5, 0.6) is 0 Å².